The Labute approximate surface area is 93.1 Å². The second-order valence-corrected chi connectivity index (χ2v) is 5.91. The lowest BCUT2D eigenvalue weighted by Gasteiger charge is -2.26. The summed E-state index contributed by atoms with van der Waals surface area (Å²) < 4.78 is 6.12. The topological polar surface area (TPSA) is 21.3 Å². The molecular formula is C13H23NO. The summed E-state index contributed by atoms with van der Waals surface area (Å²) in [6, 6.07) is 0. The van der Waals surface area contributed by atoms with Crippen LogP contribution < -0.4 is 5.32 Å². The molecule has 0 atom stereocenters. The van der Waals surface area contributed by atoms with Gasteiger partial charge in [-0.05, 0) is 59.1 Å². The lowest BCUT2D eigenvalue weighted by Crippen LogP contribution is -2.29. The number of hydrogen-bond donors (Lipinski definition) is 1. The molecule has 0 saturated carbocycles. The van der Waals surface area contributed by atoms with Gasteiger partial charge in [0.1, 0.15) is 0 Å². The van der Waals surface area contributed by atoms with Crippen molar-refractivity contribution in [3.63, 3.8) is 0 Å². The van der Waals surface area contributed by atoms with Crippen molar-refractivity contribution in [1.29, 1.82) is 0 Å². The third kappa shape index (κ3) is 2.26. The molecule has 2 heterocycles. The van der Waals surface area contributed by atoms with Crippen molar-refractivity contribution in [3.8, 4) is 0 Å². The SMILES string of the molecule is CC1(C)CC(=C2CCCNC2)C(C)(C)O1. The summed E-state index contributed by atoms with van der Waals surface area (Å²) in [5.41, 5.74) is 3.10. The van der Waals surface area contributed by atoms with Crippen LogP contribution in [0.1, 0.15) is 47.0 Å². The van der Waals surface area contributed by atoms with Crippen molar-refractivity contribution >= 4 is 0 Å². The number of nitrogens with one attached hydrogen (secondary N) is 1. The van der Waals surface area contributed by atoms with Crippen LogP contribution in [0.5, 0.6) is 0 Å². The molecule has 0 aromatic rings. The first-order chi connectivity index (χ1) is 6.91. The fourth-order valence-corrected chi connectivity index (χ4v) is 2.99. The maximum Gasteiger partial charge on any atom is 0.0847 e. The van der Waals surface area contributed by atoms with Gasteiger partial charge in [-0.3, -0.25) is 0 Å². The van der Waals surface area contributed by atoms with E-state index in [9.17, 15) is 0 Å². The molecule has 2 aliphatic heterocycles. The Kier molecular flexibility index (Phi) is 2.68. The molecule has 2 nitrogen and oxygen atoms in total. The minimum absolute atomic E-state index is 0.0171. The van der Waals surface area contributed by atoms with E-state index in [2.05, 4.69) is 33.0 Å². The minimum Gasteiger partial charge on any atom is -0.365 e. The largest absolute Gasteiger partial charge is 0.365 e. The van der Waals surface area contributed by atoms with Gasteiger partial charge in [-0.25, -0.2) is 0 Å². The normalized spacial score (nSPS) is 34.4. The Balaban J connectivity index is 2.27. The smallest absolute Gasteiger partial charge is 0.0847 e. The van der Waals surface area contributed by atoms with Gasteiger partial charge in [0.05, 0.1) is 11.2 Å². The monoisotopic (exact) mass is 209 g/mol. The summed E-state index contributed by atoms with van der Waals surface area (Å²) in [6.45, 7) is 11.0. The average Bonchev–Trinajstić information content (AvgIpc) is 2.36. The fourth-order valence-electron chi connectivity index (χ4n) is 2.99. The molecule has 0 unspecified atom stereocenters. The minimum atomic E-state index is -0.0577. The lowest BCUT2D eigenvalue weighted by atomic mass is 9.87. The van der Waals surface area contributed by atoms with Gasteiger partial charge in [0.25, 0.3) is 0 Å². The molecule has 0 amide bonds. The maximum absolute atomic E-state index is 6.12. The third-order valence-corrected chi connectivity index (χ3v) is 3.46. The zero-order valence-electron chi connectivity index (χ0n) is 10.4. The standard InChI is InChI=1S/C13H23NO/c1-12(2)8-11(13(3,4)15-12)10-6-5-7-14-9-10/h14H,5-9H2,1-4H3. The van der Waals surface area contributed by atoms with E-state index in [1.54, 1.807) is 11.1 Å². The van der Waals surface area contributed by atoms with E-state index in [1.807, 2.05) is 0 Å². The van der Waals surface area contributed by atoms with Gasteiger partial charge in [0.15, 0.2) is 0 Å². The number of rotatable bonds is 0. The van der Waals surface area contributed by atoms with Crippen molar-refractivity contribution in [2.45, 2.75) is 58.2 Å². The molecule has 2 saturated heterocycles. The summed E-state index contributed by atoms with van der Waals surface area (Å²) in [5.74, 6) is 0. The number of hydrogen-bond acceptors (Lipinski definition) is 2. The van der Waals surface area contributed by atoms with Crippen LogP contribution in [0.2, 0.25) is 0 Å². The van der Waals surface area contributed by atoms with Crippen LogP contribution >= 0.6 is 0 Å². The highest BCUT2D eigenvalue weighted by molar-refractivity contribution is 5.30. The van der Waals surface area contributed by atoms with Crippen molar-refractivity contribution in [2.24, 2.45) is 0 Å². The quantitative estimate of drug-likeness (QED) is 0.619. The Hall–Kier alpha value is -0.340. The summed E-state index contributed by atoms with van der Waals surface area (Å²) in [6.07, 6.45) is 3.62. The average molecular weight is 209 g/mol. The second kappa shape index (κ2) is 3.60. The van der Waals surface area contributed by atoms with Crippen LogP contribution in [0.25, 0.3) is 0 Å². The van der Waals surface area contributed by atoms with Gasteiger partial charge in [-0.2, -0.15) is 0 Å². The van der Waals surface area contributed by atoms with E-state index in [-0.39, 0.29) is 11.2 Å². The molecule has 2 rings (SSSR count). The molecule has 0 spiro atoms. The van der Waals surface area contributed by atoms with E-state index < -0.39 is 0 Å². The molecule has 2 aliphatic rings. The number of ether oxygens (including phenoxy) is 1. The van der Waals surface area contributed by atoms with E-state index in [0.29, 0.717) is 0 Å². The van der Waals surface area contributed by atoms with Crippen LogP contribution in [-0.2, 0) is 4.74 Å². The van der Waals surface area contributed by atoms with E-state index >= 15 is 0 Å². The molecule has 2 fully saturated rings. The Morgan fingerprint density at radius 2 is 1.93 bits per heavy atom. The van der Waals surface area contributed by atoms with Gasteiger partial charge in [-0.15, -0.1) is 0 Å². The molecule has 0 radical (unpaired) electrons. The van der Waals surface area contributed by atoms with Crippen LogP contribution in [0, 0.1) is 0 Å². The van der Waals surface area contributed by atoms with E-state index in [0.717, 1.165) is 13.0 Å². The molecule has 1 N–H and O–H groups in total. The first kappa shape index (κ1) is 11.2. The first-order valence-electron chi connectivity index (χ1n) is 6.03. The Morgan fingerprint density at radius 3 is 2.40 bits per heavy atom. The van der Waals surface area contributed by atoms with E-state index in [4.69, 9.17) is 4.74 Å². The van der Waals surface area contributed by atoms with Crippen molar-refractivity contribution in [3.05, 3.63) is 11.1 Å². The molecule has 0 aliphatic carbocycles. The predicted molar refractivity (Wildman–Crippen MR) is 63.0 cm³/mol. The van der Waals surface area contributed by atoms with E-state index in [1.165, 1.54) is 19.4 Å². The molecule has 2 heteroatoms. The molecule has 0 aromatic carbocycles. The highest BCUT2D eigenvalue weighted by atomic mass is 16.5. The zero-order valence-corrected chi connectivity index (χ0v) is 10.4. The zero-order chi connectivity index (χ0) is 11.1. The van der Waals surface area contributed by atoms with Gasteiger partial charge in [0.2, 0.25) is 0 Å². The third-order valence-electron chi connectivity index (χ3n) is 3.46. The van der Waals surface area contributed by atoms with Gasteiger partial charge >= 0.3 is 0 Å². The van der Waals surface area contributed by atoms with Crippen LogP contribution in [0.15, 0.2) is 11.1 Å². The van der Waals surface area contributed by atoms with Crippen molar-refractivity contribution in [1.82, 2.24) is 5.32 Å². The van der Waals surface area contributed by atoms with Gasteiger partial charge in [0, 0.05) is 6.54 Å². The maximum atomic E-state index is 6.12. The summed E-state index contributed by atoms with van der Waals surface area (Å²) in [4.78, 5) is 0. The molecule has 15 heavy (non-hydrogen) atoms. The van der Waals surface area contributed by atoms with Crippen LogP contribution in [-0.4, -0.2) is 24.3 Å². The van der Waals surface area contributed by atoms with Gasteiger partial charge in [-0.1, -0.05) is 5.57 Å². The van der Waals surface area contributed by atoms with Crippen LogP contribution in [0.4, 0.5) is 0 Å². The molecule has 0 aromatic heterocycles. The first-order valence-corrected chi connectivity index (χ1v) is 6.03. The summed E-state index contributed by atoms with van der Waals surface area (Å²) in [5, 5.41) is 3.46. The lowest BCUT2D eigenvalue weighted by molar-refractivity contribution is -0.0569. The predicted octanol–water partition coefficient (Wildman–Crippen LogP) is 2.64. The second-order valence-electron chi connectivity index (χ2n) is 5.91. The molecule has 86 valence electrons. The Morgan fingerprint density at radius 1 is 1.20 bits per heavy atom. The summed E-state index contributed by atoms with van der Waals surface area (Å²) in [7, 11) is 0. The van der Waals surface area contributed by atoms with Crippen molar-refractivity contribution < 1.29 is 4.74 Å². The van der Waals surface area contributed by atoms with Crippen LogP contribution in [0.3, 0.4) is 0 Å². The summed E-state index contributed by atoms with van der Waals surface area (Å²) >= 11 is 0. The Bertz CT molecular complexity index is 281. The van der Waals surface area contributed by atoms with Crippen molar-refractivity contribution in [2.75, 3.05) is 13.1 Å². The molecule has 0 bridgehead atoms. The number of piperidine rings is 1. The van der Waals surface area contributed by atoms with Gasteiger partial charge < -0.3 is 10.1 Å². The highest BCUT2D eigenvalue weighted by Gasteiger charge is 2.42. The highest BCUT2D eigenvalue weighted by Crippen LogP contribution is 2.43. The fraction of sp³-hybridized carbons (Fsp3) is 0.846. The molecular weight excluding hydrogens is 186 g/mol.